The van der Waals surface area contributed by atoms with Crippen molar-refractivity contribution in [3.8, 4) is 0 Å². The lowest BCUT2D eigenvalue weighted by molar-refractivity contribution is -0.136. The number of hydrogen-bond donors (Lipinski definition) is 3. The van der Waals surface area contributed by atoms with E-state index < -0.39 is 23.4 Å². The summed E-state index contributed by atoms with van der Waals surface area (Å²) >= 11 is 1.43. The number of carbonyl (C=O) groups is 3. The highest BCUT2D eigenvalue weighted by Gasteiger charge is 2.27. The third kappa shape index (κ3) is 4.79. The van der Waals surface area contributed by atoms with Crippen molar-refractivity contribution in [1.29, 1.82) is 0 Å². The molecule has 0 spiro atoms. The summed E-state index contributed by atoms with van der Waals surface area (Å²) in [5.74, 6) is -2.24. The van der Waals surface area contributed by atoms with Crippen molar-refractivity contribution < 1.29 is 24.2 Å². The lowest BCUT2D eigenvalue weighted by atomic mass is 10.0. The summed E-state index contributed by atoms with van der Waals surface area (Å²) in [5.41, 5.74) is -0.634. The zero-order valence-corrected chi connectivity index (χ0v) is 16.7. The molecular formula is C21H20N2O5S. The van der Waals surface area contributed by atoms with Crippen LogP contribution in [-0.2, 0) is 19.9 Å². The molecule has 3 aromatic rings. The summed E-state index contributed by atoms with van der Waals surface area (Å²) in [6.45, 7) is 1.47. The first-order valence-electron chi connectivity index (χ1n) is 8.79. The van der Waals surface area contributed by atoms with E-state index in [4.69, 9.17) is 0 Å². The van der Waals surface area contributed by atoms with Crippen molar-refractivity contribution in [3.05, 3.63) is 65.0 Å². The second-order valence-corrected chi connectivity index (χ2v) is 7.71. The van der Waals surface area contributed by atoms with Gasteiger partial charge in [-0.05, 0) is 48.7 Å². The largest absolute Gasteiger partial charge is 0.465 e. The minimum Gasteiger partial charge on any atom is -0.465 e. The third-order valence-corrected chi connectivity index (χ3v) is 5.69. The molecule has 0 saturated carbocycles. The van der Waals surface area contributed by atoms with Crippen molar-refractivity contribution in [1.82, 2.24) is 5.32 Å². The molecule has 29 heavy (non-hydrogen) atoms. The average Bonchev–Trinajstić information content (AvgIpc) is 3.17. The zero-order chi connectivity index (χ0) is 21.0. The summed E-state index contributed by atoms with van der Waals surface area (Å²) in [6, 6.07) is 15.5. The highest BCUT2D eigenvalue weighted by atomic mass is 32.1. The molecular weight excluding hydrogens is 392 g/mol. The van der Waals surface area contributed by atoms with E-state index in [1.807, 2.05) is 30.3 Å². The first-order chi connectivity index (χ1) is 13.8. The second-order valence-electron chi connectivity index (χ2n) is 6.63. The van der Waals surface area contributed by atoms with Crippen LogP contribution < -0.4 is 10.6 Å². The maximum absolute atomic E-state index is 12.1. The second kappa shape index (κ2) is 8.42. The van der Waals surface area contributed by atoms with Gasteiger partial charge in [0.2, 0.25) is 0 Å². The van der Waals surface area contributed by atoms with E-state index in [1.54, 1.807) is 6.92 Å². The molecule has 1 aromatic heterocycles. The SMILES string of the molecule is COC(=O)c1ccc(NC(=O)C(=O)NC[C@@](C)(O)c2cc3ccccc3s2)cc1. The van der Waals surface area contributed by atoms with E-state index in [1.165, 1.54) is 42.7 Å². The lowest BCUT2D eigenvalue weighted by Gasteiger charge is -2.22. The summed E-state index contributed by atoms with van der Waals surface area (Å²) in [6.07, 6.45) is 0. The Hall–Kier alpha value is -3.23. The fourth-order valence-corrected chi connectivity index (χ4v) is 3.77. The highest BCUT2D eigenvalue weighted by Crippen LogP contribution is 2.32. The van der Waals surface area contributed by atoms with Crippen molar-refractivity contribution in [2.75, 3.05) is 19.0 Å². The molecule has 0 unspecified atom stereocenters. The number of amides is 2. The Bertz CT molecular complexity index is 1020. The van der Waals surface area contributed by atoms with Gasteiger partial charge in [-0.25, -0.2) is 4.79 Å². The van der Waals surface area contributed by atoms with E-state index in [0.717, 1.165) is 10.1 Å². The number of nitrogens with one attached hydrogen (secondary N) is 2. The molecule has 150 valence electrons. The number of hydrogen-bond acceptors (Lipinski definition) is 6. The maximum Gasteiger partial charge on any atom is 0.337 e. The minimum atomic E-state index is -1.32. The molecule has 0 bridgehead atoms. The van der Waals surface area contributed by atoms with Crippen LogP contribution >= 0.6 is 11.3 Å². The molecule has 1 atom stereocenters. The Morgan fingerprint density at radius 1 is 1.07 bits per heavy atom. The first kappa shape index (κ1) is 20.5. The molecule has 2 aromatic carbocycles. The molecule has 0 aliphatic rings. The third-order valence-electron chi connectivity index (χ3n) is 4.32. The molecule has 2 amide bonds. The summed E-state index contributed by atoms with van der Waals surface area (Å²) in [5, 5.41) is 16.6. The van der Waals surface area contributed by atoms with Gasteiger partial charge in [0, 0.05) is 15.3 Å². The van der Waals surface area contributed by atoms with E-state index >= 15 is 0 Å². The van der Waals surface area contributed by atoms with Gasteiger partial charge in [-0.15, -0.1) is 11.3 Å². The van der Waals surface area contributed by atoms with Crippen molar-refractivity contribution in [2.24, 2.45) is 0 Å². The molecule has 3 rings (SSSR count). The Morgan fingerprint density at radius 2 is 1.76 bits per heavy atom. The molecule has 0 fully saturated rings. The van der Waals surface area contributed by atoms with Crippen LogP contribution in [-0.4, -0.2) is 36.5 Å². The summed E-state index contributed by atoms with van der Waals surface area (Å²) in [7, 11) is 1.27. The molecule has 0 radical (unpaired) electrons. The van der Waals surface area contributed by atoms with Crippen LogP contribution in [0.15, 0.2) is 54.6 Å². The number of fused-ring (bicyclic) bond motifs is 1. The van der Waals surface area contributed by atoms with Crippen LogP contribution in [0.1, 0.15) is 22.2 Å². The first-order valence-corrected chi connectivity index (χ1v) is 9.61. The van der Waals surface area contributed by atoms with Gasteiger partial charge in [0.15, 0.2) is 0 Å². The predicted molar refractivity (Wildman–Crippen MR) is 111 cm³/mol. The topological polar surface area (TPSA) is 105 Å². The molecule has 8 heteroatoms. The Morgan fingerprint density at radius 3 is 2.41 bits per heavy atom. The molecule has 0 saturated heterocycles. The Balaban J connectivity index is 1.59. The number of aliphatic hydroxyl groups is 1. The minimum absolute atomic E-state index is 0.118. The summed E-state index contributed by atoms with van der Waals surface area (Å²) in [4.78, 5) is 36.3. The summed E-state index contributed by atoms with van der Waals surface area (Å²) < 4.78 is 5.63. The van der Waals surface area contributed by atoms with Gasteiger partial charge in [-0.2, -0.15) is 0 Å². The van der Waals surface area contributed by atoms with Crippen LogP contribution in [0.3, 0.4) is 0 Å². The fraction of sp³-hybridized carbons (Fsp3) is 0.190. The average molecular weight is 412 g/mol. The van der Waals surface area contributed by atoms with Crippen LogP contribution in [0.2, 0.25) is 0 Å². The number of benzene rings is 2. The van der Waals surface area contributed by atoms with Gasteiger partial charge in [0.1, 0.15) is 5.60 Å². The number of rotatable bonds is 5. The molecule has 7 nitrogen and oxygen atoms in total. The normalized spacial score (nSPS) is 12.8. The van der Waals surface area contributed by atoms with Crippen LogP contribution in [0, 0.1) is 0 Å². The van der Waals surface area contributed by atoms with Crippen molar-refractivity contribution in [3.63, 3.8) is 0 Å². The number of thiophene rings is 1. The van der Waals surface area contributed by atoms with Crippen LogP contribution in [0.25, 0.3) is 10.1 Å². The number of ether oxygens (including phenoxy) is 1. The van der Waals surface area contributed by atoms with Crippen LogP contribution in [0.4, 0.5) is 5.69 Å². The lowest BCUT2D eigenvalue weighted by Crippen LogP contribution is -2.42. The van der Waals surface area contributed by atoms with Crippen molar-refractivity contribution in [2.45, 2.75) is 12.5 Å². The number of anilines is 1. The molecule has 0 aliphatic heterocycles. The molecule has 3 N–H and O–H groups in total. The fourth-order valence-electron chi connectivity index (χ4n) is 2.66. The van der Waals surface area contributed by atoms with Gasteiger partial charge < -0.3 is 20.5 Å². The van der Waals surface area contributed by atoms with Gasteiger partial charge in [-0.3, -0.25) is 9.59 Å². The van der Waals surface area contributed by atoms with Gasteiger partial charge >= 0.3 is 17.8 Å². The monoisotopic (exact) mass is 412 g/mol. The van der Waals surface area contributed by atoms with Gasteiger partial charge in [-0.1, -0.05) is 18.2 Å². The standard InChI is InChI=1S/C21H20N2O5S/c1-21(27,17-11-14-5-3-4-6-16(14)29-17)12-22-18(24)19(25)23-15-9-7-13(8-10-15)20(26)28-2/h3-11,27H,12H2,1-2H3,(H,22,24)(H,23,25)/t21-/m1/s1. The van der Waals surface area contributed by atoms with E-state index in [2.05, 4.69) is 15.4 Å². The quantitative estimate of drug-likeness (QED) is 0.441. The van der Waals surface area contributed by atoms with Gasteiger partial charge in [0.05, 0.1) is 19.2 Å². The van der Waals surface area contributed by atoms with Crippen LogP contribution in [0.5, 0.6) is 0 Å². The number of esters is 1. The van der Waals surface area contributed by atoms with E-state index in [-0.39, 0.29) is 6.54 Å². The van der Waals surface area contributed by atoms with Gasteiger partial charge in [0.25, 0.3) is 0 Å². The van der Waals surface area contributed by atoms with Crippen molar-refractivity contribution >= 4 is 44.9 Å². The predicted octanol–water partition coefficient (Wildman–Crippen LogP) is 2.65. The van der Waals surface area contributed by atoms with E-state index in [9.17, 15) is 19.5 Å². The molecule has 0 aliphatic carbocycles. The van der Waals surface area contributed by atoms with E-state index in [0.29, 0.717) is 16.1 Å². The Kier molecular flexibility index (Phi) is 5.95. The zero-order valence-electron chi connectivity index (χ0n) is 15.9. The number of methoxy groups -OCH3 is 1. The molecule has 1 heterocycles. The maximum atomic E-state index is 12.1. The Labute approximate surface area is 171 Å². The smallest absolute Gasteiger partial charge is 0.337 e. The highest BCUT2D eigenvalue weighted by molar-refractivity contribution is 7.19. The number of carbonyl (C=O) groups excluding carboxylic acids is 3.